The van der Waals surface area contributed by atoms with Gasteiger partial charge in [0.2, 0.25) is 5.91 Å². The minimum Gasteiger partial charge on any atom is -0.479 e. The van der Waals surface area contributed by atoms with E-state index in [2.05, 4.69) is 0 Å². The lowest BCUT2D eigenvalue weighted by Gasteiger charge is -2.35. The van der Waals surface area contributed by atoms with Gasteiger partial charge < -0.3 is 15.1 Å². The molecule has 2 rings (SSSR count). The number of aliphatic carboxylic acids is 1. The Morgan fingerprint density at radius 3 is 2.25 bits per heavy atom. The summed E-state index contributed by atoms with van der Waals surface area (Å²) in [6, 6.07) is 7.03. The van der Waals surface area contributed by atoms with Crippen molar-refractivity contribution in [1.82, 2.24) is 4.90 Å². The molecule has 0 aliphatic carbocycles. The molecule has 1 aliphatic rings. The van der Waals surface area contributed by atoms with E-state index in [1.807, 2.05) is 0 Å². The molecule has 20 heavy (non-hydrogen) atoms. The van der Waals surface area contributed by atoms with Crippen LogP contribution in [0.25, 0.3) is 0 Å². The van der Waals surface area contributed by atoms with Gasteiger partial charge in [0.1, 0.15) is 0 Å². The van der Waals surface area contributed by atoms with Crippen molar-refractivity contribution in [2.24, 2.45) is 0 Å². The number of hydrogen-bond acceptors (Lipinski definition) is 3. The fourth-order valence-electron chi connectivity index (χ4n) is 2.23. The van der Waals surface area contributed by atoms with Gasteiger partial charge in [0.15, 0.2) is 5.60 Å². The van der Waals surface area contributed by atoms with E-state index in [0.29, 0.717) is 5.02 Å². The van der Waals surface area contributed by atoms with Gasteiger partial charge in [-0.05, 0) is 17.7 Å². The fraction of sp³-hybridized carbons (Fsp3) is 0.429. The van der Waals surface area contributed by atoms with Crippen molar-refractivity contribution in [2.45, 2.75) is 24.9 Å². The Balaban J connectivity index is 1.92. The third-order valence-electron chi connectivity index (χ3n) is 3.61. The van der Waals surface area contributed by atoms with E-state index in [4.69, 9.17) is 16.7 Å². The van der Waals surface area contributed by atoms with Crippen molar-refractivity contribution in [3.05, 3.63) is 34.9 Å². The van der Waals surface area contributed by atoms with Crippen LogP contribution < -0.4 is 0 Å². The molecule has 1 aromatic carbocycles. The molecule has 1 heterocycles. The zero-order chi connectivity index (χ0) is 14.8. The molecule has 1 fully saturated rings. The van der Waals surface area contributed by atoms with Gasteiger partial charge in [-0.15, -0.1) is 0 Å². The molecule has 1 amide bonds. The van der Waals surface area contributed by atoms with E-state index >= 15 is 0 Å². The smallest absolute Gasteiger partial charge is 0.335 e. The Kier molecular flexibility index (Phi) is 4.30. The molecule has 5 nitrogen and oxygen atoms in total. The maximum absolute atomic E-state index is 12.1. The molecule has 1 saturated heterocycles. The molecule has 6 heteroatoms. The highest BCUT2D eigenvalue weighted by atomic mass is 35.5. The Bertz CT molecular complexity index is 506. The van der Waals surface area contributed by atoms with Crippen LogP contribution in [0.4, 0.5) is 0 Å². The van der Waals surface area contributed by atoms with Crippen LogP contribution in [0.2, 0.25) is 5.02 Å². The van der Waals surface area contributed by atoms with Gasteiger partial charge in [-0.25, -0.2) is 4.79 Å². The van der Waals surface area contributed by atoms with Gasteiger partial charge in [-0.1, -0.05) is 23.7 Å². The average Bonchev–Trinajstić information content (AvgIpc) is 2.42. The average molecular weight is 298 g/mol. The number of amides is 1. The summed E-state index contributed by atoms with van der Waals surface area (Å²) < 4.78 is 0. The first kappa shape index (κ1) is 14.8. The molecular formula is C14H16ClNO4. The molecule has 1 aromatic rings. The molecule has 0 saturated carbocycles. The van der Waals surface area contributed by atoms with Gasteiger partial charge in [0.25, 0.3) is 0 Å². The topological polar surface area (TPSA) is 77.8 Å². The first-order chi connectivity index (χ1) is 9.40. The lowest BCUT2D eigenvalue weighted by atomic mass is 9.91. The number of carboxylic acid groups (broad SMARTS) is 1. The molecule has 2 N–H and O–H groups in total. The van der Waals surface area contributed by atoms with Gasteiger partial charge in [0, 0.05) is 31.0 Å². The maximum atomic E-state index is 12.1. The number of piperidine rings is 1. The van der Waals surface area contributed by atoms with Crippen LogP contribution in [0.3, 0.4) is 0 Å². The zero-order valence-electron chi connectivity index (χ0n) is 10.9. The minimum atomic E-state index is -1.70. The van der Waals surface area contributed by atoms with E-state index in [-0.39, 0.29) is 38.3 Å². The number of carboxylic acids is 1. The molecule has 0 unspecified atom stereocenters. The predicted molar refractivity (Wildman–Crippen MR) is 73.6 cm³/mol. The number of carbonyl (C=O) groups excluding carboxylic acids is 1. The summed E-state index contributed by atoms with van der Waals surface area (Å²) in [7, 11) is 0. The van der Waals surface area contributed by atoms with E-state index in [1.165, 1.54) is 0 Å². The molecular weight excluding hydrogens is 282 g/mol. The number of aliphatic hydroxyl groups is 1. The van der Waals surface area contributed by atoms with Crippen molar-refractivity contribution >= 4 is 23.5 Å². The van der Waals surface area contributed by atoms with Crippen molar-refractivity contribution in [1.29, 1.82) is 0 Å². The Morgan fingerprint density at radius 1 is 1.20 bits per heavy atom. The largest absolute Gasteiger partial charge is 0.479 e. The van der Waals surface area contributed by atoms with E-state index in [9.17, 15) is 14.7 Å². The van der Waals surface area contributed by atoms with E-state index in [1.54, 1.807) is 29.2 Å². The molecule has 1 aliphatic heterocycles. The van der Waals surface area contributed by atoms with Crippen LogP contribution in [0, 0.1) is 0 Å². The van der Waals surface area contributed by atoms with Crippen LogP contribution in [0.5, 0.6) is 0 Å². The van der Waals surface area contributed by atoms with Crippen LogP contribution in [-0.2, 0) is 16.0 Å². The van der Waals surface area contributed by atoms with Crippen molar-refractivity contribution < 1.29 is 19.8 Å². The Labute approximate surface area is 121 Å². The van der Waals surface area contributed by atoms with Crippen LogP contribution in [0.15, 0.2) is 24.3 Å². The highest BCUT2D eigenvalue weighted by Crippen LogP contribution is 2.23. The quantitative estimate of drug-likeness (QED) is 0.882. The number of halogens is 1. The number of nitrogens with zero attached hydrogens (tertiary/aromatic N) is 1. The summed E-state index contributed by atoms with van der Waals surface area (Å²) in [6.45, 7) is 0.518. The van der Waals surface area contributed by atoms with Gasteiger partial charge in [0.05, 0.1) is 6.42 Å². The van der Waals surface area contributed by atoms with Crippen LogP contribution in [-0.4, -0.2) is 45.7 Å². The second-order valence-corrected chi connectivity index (χ2v) is 5.46. The van der Waals surface area contributed by atoms with Crippen molar-refractivity contribution in [2.75, 3.05) is 13.1 Å². The summed E-state index contributed by atoms with van der Waals surface area (Å²) in [5.74, 6) is -1.29. The molecule has 0 spiro atoms. The summed E-state index contributed by atoms with van der Waals surface area (Å²) in [5, 5.41) is 19.4. The number of rotatable bonds is 3. The summed E-state index contributed by atoms with van der Waals surface area (Å²) >= 11 is 5.78. The standard InChI is InChI=1S/C14H16ClNO4/c15-11-3-1-10(2-4-11)9-12(17)16-7-5-14(20,6-8-16)13(18)19/h1-4,20H,5-9H2,(H,18,19). The zero-order valence-corrected chi connectivity index (χ0v) is 11.6. The predicted octanol–water partition coefficient (Wildman–Crippen LogP) is 1.32. The summed E-state index contributed by atoms with van der Waals surface area (Å²) in [5.41, 5.74) is -0.838. The normalized spacial score (nSPS) is 17.8. The molecule has 0 radical (unpaired) electrons. The van der Waals surface area contributed by atoms with Crippen molar-refractivity contribution in [3.8, 4) is 0 Å². The number of carbonyl (C=O) groups is 2. The van der Waals surface area contributed by atoms with Crippen molar-refractivity contribution in [3.63, 3.8) is 0 Å². The maximum Gasteiger partial charge on any atom is 0.335 e. The second kappa shape index (κ2) is 5.81. The highest BCUT2D eigenvalue weighted by Gasteiger charge is 2.40. The van der Waals surface area contributed by atoms with E-state index < -0.39 is 11.6 Å². The number of likely N-dealkylation sites (tertiary alicyclic amines) is 1. The molecule has 0 aromatic heterocycles. The monoisotopic (exact) mass is 297 g/mol. The lowest BCUT2D eigenvalue weighted by Crippen LogP contribution is -2.51. The van der Waals surface area contributed by atoms with Crippen LogP contribution in [0.1, 0.15) is 18.4 Å². The Hall–Kier alpha value is -1.59. The molecule has 0 bridgehead atoms. The summed E-state index contributed by atoms with van der Waals surface area (Å²) in [6.07, 6.45) is 0.381. The van der Waals surface area contributed by atoms with Gasteiger partial charge in [-0.3, -0.25) is 4.79 Å². The molecule has 108 valence electrons. The third-order valence-corrected chi connectivity index (χ3v) is 3.86. The highest BCUT2D eigenvalue weighted by molar-refractivity contribution is 6.30. The first-order valence-electron chi connectivity index (χ1n) is 6.39. The fourth-order valence-corrected chi connectivity index (χ4v) is 2.35. The van der Waals surface area contributed by atoms with E-state index in [0.717, 1.165) is 5.56 Å². The Morgan fingerprint density at radius 2 is 1.75 bits per heavy atom. The number of benzene rings is 1. The SMILES string of the molecule is O=C(Cc1ccc(Cl)cc1)N1CCC(O)(C(=O)O)CC1. The number of hydrogen-bond donors (Lipinski definition) is 2. The second-order valence-electron chi connectivity index (χ2n) is 5.02. The first-order valence-corrected chi connectivity index (χ1v) is 6.76. The lowest BCUT2D eigenvalue weighted by molar-refractivity contribution is -0.165. The van der Waals surface area contributed by atoms with Gasteiger partial charge >= 0.3 is 5.97 Å². The third kappa shape index (κ3) is 3.29. The minimum absolute atomic E-state index is 0.0642. The molecule has 0 atom stereocenters. The van der Waals surface area contributed by atoms with Gasteiger partial charge in [-0.2, -0.15) is 0 Å². The van der Waals surface area contributed by atoms with Crippen LogP contribution >= 0.6 is 11.6 Å². The summed E-state index contributed by atoms with van der Waals surface area (Å²) in [4.78, 5) is 24.6.